The average Bonchev–Trinajstić information content (AvgIpc) is 2.66. The maximum absolute atomic E-state index is 6.43. The van der Waals surface area contributed by atoms with E-state index in [-0.39, 0.29) is 12.1 Å². The van der Waals surface area contributed by atoms with Crippen LogP contribution in [0.4, 0.5) is 0 Å². The van der Waals surface area contributed by atoms with Gasteiger partial charge in [0.15, 0.2) is 0 Å². The molecule has 0 aromatic heterocycles. The largest absolute Gasteiger partial charge is 0.326 e. The third-order valence-corrected chi connectivity index (χ3v) is 4.82. The summed E-state index contributed by atoms with van der Waals surface area (Å²) in [6.07, 6.45) is 6.41. The molecule has 1 heterocycles. The van der Waals surface area contributed by atoms with Crippen LogP contribution in [0, 0.1) is 0 Å². The van der Waals surface area contributed by atoms with Gasteiger partial charge < -0.3 is 5.73 Å². The number of nitrogens with two attached hydrogens (primary N) is 1. The molecule has 3 heteroatoms. The zero-order valence-corrected chi connectivity index (χ0v) is 13.4. The molecule has 112 valence electrons. The molecule has 1 saturated heterocycles. The van der Waals surface area contributed by atoms with Crippen molar-refractivity contribution < 1.29 is 0 Å². The Morgan fingerprint density at radius 1 is 1.30 bits per heavy atom. The lowest BCUT2D eigenvalue weighted by Crippen LogP contribution is -2.45. The summed E-state index contributed by atoms with van der Waals surface area (Å²) in [5.74, 6) is 0. The highest BCUT2D eigenvalue weighted by molar-refractivity contribution is 6.31. The van der Waals surface area contributed by atoms with Crippen molar-refractivity contribution in [2.45, 2.75) is 64.1 Å². The number of hydrogen-bond donors (Lipinski definition) is 1. The lowest BCUT2D eigenvalue weighted by atomic mass is 9.96. The van der Waals surface area contributed by atoms with E-state index in [1.807, 2.05) is 12.1 Å². The van der Waals surface area contributed by atoms with Crippen LogP contribution in [-0.4, -0.2) is 23.5 Å². The summed E-state index contributed by atoms with van der Waals surface area (Å²) < 4.78 is 0. The standard InChI is InChI=1S/C17H27ClN2/c1-3-14-9-5-4-8-12-20(14)17(13(2)19)15-10-6-7-11-16(15)18/h6-7,10-11,13-14,17H,3-5,8-9,12,19H2,1-2H3. The maximum Gasteiger partial charge on any atom is 0.0514 e. The van der Waals surface area contributed by atoms with Crippen molar-refractivity contribution >= 4 is 11.6 Å². The Bertz CT molecular complexity index is 419. The fourth-order valence-corrected chi connectivity index (χ4v) is 3.73. The van der Waals surface area contributed by atoms with Crippen LogP contribution in [0.15, 0.2) is 24.3 Å². The van der Waals surface area contributed by atoms with Crippen molar-refractivity contribution in [1.82, 2.24) is 4.90 Å². The smallest absolute Gasteiger partial charge is 0.0514 e. The van der Waals surface area contributed by atoms with Crippen LogP contribution < -0.4 is 5.73 Å². The molecule has 0 saturated carbocycles. The Morgan fingerprint density at radius 3 is 2.70 bits per heavy atom. The molecule has 0 aliphatic carbocycles. The Hall–Kier alpha value is -0.570. The number of likely N-dealkylation sites (tertiary alicyclic amines) is 1. The van der Waals surface area contributed by atoms with Gasteiger partial charge in [0.05, 0.1) is 6.04 Å². The van der Waals surface area contributed by atoms with Gasteiger partial charge in [0.2, 0.25) is 0 Å². The fraction of sp³-hybridized carbons (Fsp3) is 0.647. The number of nitrogens with zero attached hydrogens (tertiary/aromatic N) is 1. The van der Waals surface area contributed by atoms with Gasteiger partial charge in [0, 0.05) is 17.1 Å². The van der Waals surface area contributed by atoms with Gasteiger partial charge in [-0.1, -0.05) is 49.6 Å². The molecule has 3 atom stereocenters. The lowest BCUT2D eigenvalue weighted by molar-refractivity contribution is 0.117. The minimum Gasteiger partial charge on any atom is -0.326 e. The minimum absolute atomic E-state index is 0.0852. The first-order chi connectivity index (χ1) is 9.65. The van der Waals surface area contributed by atoms with Gasteiger partial charge in [0.1, 0.15) is 0 Å². The monoisotopic (exact) mass is 294 g/mol. The van der Waals surface area contributed by atoms with Crippen molar-refractivity contribution in [2.24, 2.45) is 5.73 Å². The molecule has 1 aromatic rings. The Balaban J connectivity index is 2.33. The third kappa shape index (κ3) is 3.55. The molecule has 0 bridgehead atoms. The number of benzene rings is 1. The van der Waals surface area contributed by atoms with Gasteiger partial charge in [-0.3, -0.25) is 4.90 Å². The van der Waals surface area contributed by atoms with E-state index in [0.29, 0.717) is 6.04 Å². The minimum atomic E-state index is 0.0852. The van der Waals surface area contributed by atoms with Crippen LogP contribution in [0.3, 0.4) is 0 Å². The van der Waals surface area contributed by atoms with E-state index >= 15 is 0 Å². The molecule has 1 aliphatic heterocycles. The molecule has 2 nitrogen and oxygen atoms in total. The van der Waals surface area contributed by atoms with Crippen LogP contribution >= 0.6 is 11.6 Å². The van der Waals surface area contributed by atoms with Crippen LogP contribution in [0.5, 0.6) is 0 Å². The summed E-state index contributed by atoms with van der Waals surface area (Å²) >= 11 is 6.43. The third-order valence-electron chi connectivity index (χ3n) is 4.47. The predicted octanol–water partition coefficient (Wildman–Crippen LogP) is 4.38. The van der Waals surface area contributed by atoms with Crippen LogP contribution in [0.2, 0.25) is 5.02 Å². The molecule has 1 fully saturated rings. The van der Waals surface area contributed by atoms with Gasteiger partial charge in [-0.2, -0.15) is 0 Å². The molecule has 2 rings (SSSR count). The molecular formula is C17H27ClN2. The first-order valence-electron chi connectivity index (χ1n) is 7.91. The number of halogens is 1. The molecular weight excluding hydrogens is 268 g/mol. The molecule has 0 radical (unpaired) electrons. The molecule has 2 N–H and O–H groups in total. The average molecular weight is 295 g/mol. The van der Waals surface area contributed by atoms with E-state index in [1.54, 1.807) is 0 Å². The van der Waals surface area contributed by atoms with Crippen molar-refractivity contribution in [3.8, 4) is 0 Å². The van der Waals surface area contributed by atoms with Crippen LogP contribution in [0.1, 0.15) is 57.6 Å². The highest BCUT2D eigenvalue weighted by Crippen LogP contribution is 2.34. The molecule has 1 aromatic carbocycles. The highest BCUT2D eigenvalue weighted by atomic mass is 35.5. The van der Waals surface area contributed by atoms with Gasteiger partial charge in [-0.25, -0.2) is 0 Å². The van der Waals surface area contributed by atoms with Gasteiger partial charge in [-0.05, 0) is 44.4 Å². The van der Waals surface area contributed by atoms with Crippen LogP contribution in [-0.2, 0) is 0 Å². The second kappa shape index (κ2) is 7.44. The van der Waals surface area contributed by atoms with Crippen LogP contribution in [0.25, 0.3) is 0 Å². The molecule has 3 unspecified atom stereocenters. The second-order valence-electron chi connectivity index (χ2n) is 5.97. The predicted molar refractivity (Wildman–Crippen MR) is 87.1 cm³/mol. The van der Waals surface area contributed by atoms with Crippen molar-refractivity contribution in [3.05, 3.63) is 34.9 Å². The molecule has 0 amide bonds. The van der Waals surface area contributed by atoms with Crippen molar-refractivity contribution in [1.29, 1.82) is 0 Å². The Labute approximate surface area is 128 Å². The molecule has 20 heavy (non-hydrogen) atoms. The Morgan fingerprint density at radius 2 is 2.05 bits per heavy atom. The number of rotatable bonds is 4. The lowest BCUT2D eigenvalue weighted by Gasteiger charge is -2.39. The van der Waals surface area contributed by atoms with E-state index < -0.39 is 0 Å². The summed E-state index contributed by atoms with van der Waals surface area (Å²) in [5, 5.41) is 0.842. The van der Waals surface area contributed by atoms with E-state index in [0.717, 1.165) is 11.6 Å². The zero-order chi connectivity index (χ0) is 14.5. The number of hydrogen-bond acceptors (Lipinski definition) is 2. The maximum atomic E-state index is 6.43. The first kappa shape index (κ1) is 15.8. The van der Waals surface area contributed by atoms with Gasteiger partial charge in [-0.15, -0.1) is 0 Å². The normalized spacial score (nSPS) is 24.1. The summed E-state index contributed by atoms with van der Waals surface area (Å²) in [6, 6.07) is 9.11. The summed E-state index contributed by atoms with van der Waals surface area (Å²) in [5.41, 5.74) is 7.52. The van der Waals surface area contributed by atoms with Crippen molar-refractivity contribution in [3.63, 3.8) is 0 Å². The van der Waals surface area contributed by atoms with E-state index in [4.69, 9.17) is 17.3 Å². The molecule has 1 aliphatic rings. The Kier molecular flexibility index (Phi) is 5.88. The second-order valence-corrected chi connectivity index (χ2v) is 6.38. The summed E-state index contributed by atoms with van der Waals surface area (Å²) in [6.45, 7) is 5.52. The van der Waals surface area contributed by atoms with E-state index in [2.05, 4.69) is 30.9 Å². The summed E-state index contributed by atoms with van der Waals surface area (Å²) in [7, 11) is 0. The van der Waals surface area contributed by atoms with Crippen molar-refractivity contribution in [2.75, 3.05) is 6.54 Å². The molecule has 0 spiro atoms. The van der Waals surface area contributed by atoms with E-state index in [9.17, 15) is 0 Å². The fourth-order valence-electron chi connectivity index (χ4n) is 3.48. The quantitative estimate of drug-likeness (QED) is 0.893. The SMILES string of the molecule is CCC1CCCCCN1C(c1ccccc1Cl)C(C)N. The zero-order valence-electron chi connectivity index (χ0n) is 12.7. The summed E-state index contributed by atoms with van der Waals surface area (Å²) in [4.78, 5) is 2.61. The van der Waals surface area contributed by atoms with E-state index in [1.165, 1.54) is 37.7 Å². The topological polar surface area (TPSA) is 29.3 Å². The highest BCUT2D eigenvalue weighted by Gasteiger charge is 2.31. The van der Waals surface area contributed by atoms with Gasteiger partial charge in [0.25, 0.3) is 0 Å². The van der Waals surface area contributed by atoms with Gasteiger partial charge >= 0.3 is 0 Å². The first-order valence-corrected chi connectivity index (χ1v) is 8.28.